The van der Waals surface area contributed by atoms with Crippen molar-refractivity contribution in [2.45, 2.75) is 19.0 Å². The molecule has 0 saturated carbocycles. The number of carbonyl (C=O) groups excluding carboxylic acids is 3. The van der Waals surface area contributed by atoms with Gasteiger partial charge in [0.25, 0.3) is 11.8 Å². The van der Waals surface area contributed by atoms with Gasteiger partial charge in [0.15, 0.2) is 0 Å². The summed E-state index contributed by atoms with van der Waals surface area (Å²) < 4.78 is 27.3. The number of amides is 2. The zero-order valence-electron chi connectivity index (χ0n) is 17.7. The third kappa shape index (κ3) is 4.65. The fraction of sp³-hybridized carbons (Fsp3) is 0.125. The SMILES string of the molecule is NC(=O)C(=O)C(Cc1ccccc1)NC(=O)c1cn(C(F)F)nc1-c1cccc2cnccc12. The van der Waals surface area contributed by atoms with E-state index in [1.165, 1.54) is 6.20 Å². The van der Waals surface area contributed by atoms with Crippen LogP contribution >= 0.6 is 0 Å². The summed E-state index contributed by atoms with van der Waals surface area (Å²) in [5, 5.41) is 7.78. The first-order valence-electron chi connectivity index (χ1n) is 10.2. The molecule has 2 aromatic carbocycles. The van der Waals surface area contributed by atoms with E-state index in [9.17, 15) is 23.2 Å². The van der Waals surface area contributed by atoms with E-state index >= 15 is 0 Å². The fourth-order valence-electron chi connectivity index (χ4n) is 3.65. The molecule has 3 N–H and O–H groups in total. The van der Waals surface area contributed by atoms with Crippen LogP contribution < -0.4 is 11.1 Å². The summed E-state index contributed by atoms with van der Waals surface area (Å²) in [6, 6.07) is 14.2. The lowest BCUT2D eigenvalue weighted by atomic mass is 9.99. The van der Waals surface area contributed by atoms with E-state index in [1.54, 1.807) is 60.8 Å². The molecule has 8 nitrogen and oxygen atoms in total. The first-order chi connectivity index (χ1) is 16.3. The average molecular weight is 463 g/mol. The largest absolute Gasteiger partial charge is 0.363 e. The summed E-state index contributed by atoms with van der Waals surface area (Å²) in [6.45, 7) is -3.00. The molecule has 172 valence electrons. The standard InChI is InChI=1S/C24H19F2N5O3/c25-24(26)31-13-18(20(30-31)17-8-4-7-15-12-28-10-9-16(15)17)23(34)29-19(21(32)22(27)33)11-14-5-2-1-3-6-14/h1-10,12-13,19,24H,11H2,(H2,27,33)(H,29,34). The first-order valence-corrected chi connectivity index (χ1v) is 10.2. The highest BCUT2D eigenvalue weighted by Gasteiger charge is 2.29. The van der Waals surface area contributed by atoms with E-state index in [0.29, 0.717) is 21.2 Å². The number of carbonyl (C=O) groups is 3. The summed E-state index contributed by atoms with van der Waals surface area (Å²) in [5.74, 6) is -3.06. The Hall–Kier alpha value is -4.47. The summed E-state index contributed by atoms with van der Waals surface area (Å²) in [4.78, 5) is 41.3. The van der Waals surface area contributed by atoms with E-state index in [1.807, 2.05) is 0 Å². The van der Waals surface area contributed by atoms with Gasteiger partial charge in [0.2, 0.25) is 5.78 Å². The van der Waals surface area contributed by atoms with Gasteiger partial charge in [-0.25, -0.2) is 4.68 Å². The highest BCUT2D eigenvalue weighted by Crippen LogP contribution is 2.30. The maximum absolute atomic E-state index is 13.5. The van der Waals surface area contributed by atoms with Gasteiger partial charge in [0, 0.05) is 36.0 Å². The summed E-state index contributed by atoms with van der Waals surface area (Å²) in [7, 11) is 0. The summed E-state index contributed by atoms with van der Waals surface area (Å²) in [6.07, 6.45) is 4.04. The number of nitrogens with one attached hydrogen (secondary N) is 1. The molecule has 34 heavy (non-hydrogen) atoms. The molecule has 0 aliphatic heterocycles. The van der Waals surface area contributed by atoms with Crippen molar-refractivity contribution in [1.29, 1.82) is 0 Å². The Labute approximate surface area is 192 Å². The highest BCUT2D eigenvalue weighted by atomic mass is 19.3. The van der Waals surface area contributed by atoms with Crippen LogP contribution in [-0.2, 0) is 16.0 Å². The molecular weight excluding hydrogens is 444 g/mol. The zero-order valence-corrected chi connectivity index (χ0v) is 17.7. The van der Waals surface area contributed by atoms with Gasteiger partial charge in [-0.1, -0.05) is 48.5 Å². The number of fused-ring (bicyclic) bond motifs is 1. The van der Waals surface area contributed by atoms with Crippen LogP contribution in [0.3, 0.4) is 0 Å². The Morgan fingerprint density at radius 2 is 1.79 bits per heavy atom. The van der Waals surface area contributed by atoms with E-state index in [4.69, 9.17) is 5.73 Å². The van der Waals surface area contributed by atoms with Crippen molar-refractivity contribution in [2.75, 3.05) is 0 Å². The van der Waals surface area contributed by atoms with Crippen molar-refractivity contribution in [3.05, 3.63) is 84.3 Å². The minimum Gasteiger partial charge on any atom is -0.363 e. The molecule has 2 heterocycles. The van der Waals surface area contributed by atoms with Crippen molar-refractivity contribution >= 4 is 28.4 Å². The third-order valence-electron chi connectivity index (χ3n) is 5.26. The summed E-state index contributed by atoms with van der Waals surface area (Å²) >= 11 is 0. The molecule has 0 aliphatic carbocycles. The monoisotopic (exact) mass is 463 g/mol. The van der Waals surface area contributed by atoms with Crippen LogP contribution in [0.15, 0.2) is 73.2 Å². The Morgan fingerprint density at radius 3 is 2.50 bits per heavy atom. The molecule has 0 radical (unpaired) electrons. The molecule has 4 aromatic rings. The van der Waals surface area contributed by atoms with Crippen molar-refractivity contribution in [2.24, 2.45) is 5.73 Å². The Morgan fingerprint density at radius 1 is 1.03 bits per heavy atom. The van der Waals surface area contributed by atoms with E-state index in [2.05, 4.69) is 15.4 Å². The van der Waals surface area contributed by atoms with Gasteiger partial charge in [-0.2, -0.15) is 13.9 Å². The minimum atomic E-state index is -3.00. The summed E-state index contributed by atoms with van der Waals surface area (Å²) in [5.41, 5.74) is 6.10. The van der Waals surface area contributed by atoms with Crippen LogP contribution in [0.4, 0.5) is 8.78 Å². The molecule has 4 rings (SSSR count). The second-order valence-corrected chi connectivity index (χ2v) is 7.50. The van der Waals surface area contributed by atoms with Crippen LogP contribution in [0.1, 0.15) is 22.5 Å². The van der Waals surface area contributed by atoms with E-state index in [-0.39, 0.29) is 17.7 Å². The maximum Gasteiger partial charge on any atom is 0.333 e. The molecule has 2 aromatic heterocycles. The van der Waals surface area contributed by atoms with Crippen molar-refractivity contribution in [1.82, 2.24) is 20.1 Å². The Balaban J connectivity index is 1.74. The normalized spacial score (nSPS) is 12.0. The molecule has 0 bridgehead atoms. The molecule has 2 amide bonds. The van der Waals surface area contributed by atoms with Crippen molar-refractivity contribution in [3.8, 4) is 11.3 Å². The number of nitrogens with two attached hydrogens (primary N) is 1. The third-order valence-corrected chi connectivity index (χ3v) is 5.26. The molecule has 0 fully saturated rings. The van der Waals surface area contributed by atoms with Gasteiger partial charge < -0.3 is 11.1 Å². The van der Waals surface area contributed by atoms with Crippen LogP contribution in [0.25, 0.3) is 22.0 Å². The second kappa shape index (κ2) is 9.57. The van der Waals surface area contributed by atoms with Crippen LogP contribution in [0, 0.1) is 0 Å². The van der Waals surface area contributed by atoms with E-state index < -0.39 is 30.2 Å². The van der Waals surface area contributed by atoms with Crippen LogP contribution in [0.2, 0.25) is 0 Å². The Kier molecular flexibility index (Phi) is 6.39. The molecule has 1 unspecified atom stereocenters. The number of pyridine rings is 1. The number of benzene rings is 2. The first kappa shape index (κ1) is 22.7. The number of primary amides is 1. The fourth-order valence-corrected chi connectivity index (χ4v) is 3.65. The van der Waals surface area contributed by atoms with Gasteiger partial charge in [0.1, 0.15) is 11.7 Å². The van der Waals surface area contributed by atoms with Gasteiger partial charge in [-0.15, -0.1) is 0 Å². The number of ketones is 1. The van der Waals surface area contributed by atoms with Crippen molar-refractivity contribution < 1.29 is 23.2 Å². The van der Waals surface area contributed by atoms with Crippen molar-refractivity contribution in [3.63, 3.8) is 0 Å². The topological polar surface area (TPSA) is 120 Å². The smallest absolute Gasteiger partial charge is 0.333 e. The maximum atomic E-state index is 13.5. The minimum absolute atomic E-state index is 0.000384. The van der Waals surface area contributed by atoms with Crippen LogP contribution in [-0.4, -0.2) is 38.4 Å². The number of aromatic nitrogens is 3. The molecule has 0 spiro atoms. The number of nitrogens with zero attached hydrogens (tertiary/aromatic N) is 3. The number of hydrogen-bond donors (Lipinski definition) is 2. The molecule has 1 atom stereocenters. The highest BCUT2D eigenvalue weighted by molar-refractivity contribution is 6.38. The van der Waals surface area contributed by atoms with Gasteiger partial charge in [0.05, 0.1) is 5.56 Å². The molecule has 10 heteroatoms. The zero-order chi connectivity index (χ0) is 24.2. The number of Topliss-reactive ketones (excluding diaryl/α,β-unsaturated/α-hetero) is 1. The number of halogens is 2. The van der Waals surface area contributed by atoms with Crippen LogP contribution in [0.5, 0.6) is 0 Å². The lowest BCUT2D eigenvalue weighted by Gasteiger charge is -2.16. The lowest BCUT2D eigenvalue weighted by molar-refractivity contribution is -0.137. The Bertz CT molecular complexity index is 1370. The molecule has 0 aliphatic rings. The number of alkyl halides is 2. The van der Waals surface area contributed by atoms with Gasteiger partial charge in [-0.05, 0) is 17.0 Å². The van der Waals surface area contributed by atoms with Gasteiger partial charge >= 0.3 is 6.55 Å². The van der Waals surface area contributed by atoms with E-state index in [0.717, 1.165) is 11.6 Å². The average Bonchev–Trinajstić information content (AvgIpc) is 3.29. The van der Waals surface area contributed by atoms with Gasteiger partial charge in [-0.3, -0.25) is 19.4 Å². The lowest BCUT2D eigenvalue weighted by Crippen LogP contribution is -2.47. The second-order valence-electron chi connectivity index (χ2n) is 7.50. The predicted molar refractivity (Wildman–Crippen MR) is 120 cm³/mol. The predicted octanol–water partition coefficient (Wildman–Crippen LogP) is 2.89. The number of rotatable bonds is 8. The molecule has 0 saturated heterocycles. The quantitative estimate of drug-likeness (QED) is 0.390. The molecular formula is C24H19F2N5O3. The number of hydrogen-bond acceptors (Lipinski definition) is 5.